The van der Waals surface area contributed by atoms with Crippen molar-refractivity contribution < 1.29 is 46.1 Å². The van der Waals surface area contributed by atoms with Crippen molar-refractivity contribution in [3.8, 4) is 33.6 Å². The van der Waals surface area contributed by atoms with Crippen LogP contribution in [-0.2, 0) is 20.1 Å². The SMILES string of the molecule is [2H]c1[c-]c(-c2nc([2H])c(-c3c([2H])c([2H])c([2H])c([2H])c3[2H])c([2H])c2[2H])c([2H])c([2H])c1[2H].[2H]c1nc(-c2[c-]c(C)c([2H])c([2H])c2[2H])c([2H])c([2H])c1[2H].[Ir]. The first-order valence-electron chi connectivity index (χ1n) is 18.1. The summed E-state index contributed by atoms with van der Waals surface area (Å²) in [5.74, 6) is 0. The smallest absolute Gasteiger partial charge is 0.0836 e. The Labute approximate surface area is 230 Å². The Hall–Kier alpha value is -3.39. The van der Waals surface area contributed by atoms with E-state index >= 15 is 0 Å². The molecule has 0 aliphatic carbocycles. The second-order valence-corrected chi connectivity index (χ2v) is 5.64. The van der Waals surface area contributed by atoms with Crippen molar-refractivity contribution in [2.45, 2.75) is 6.92 Å². The van der Waals surface area contributed by atoms with Gasteiger partial charge in [0.1, 0.15) is 0 Å². The van der Waals surface area contributed by atoms with E-state index in [0.717, 1.165) is 0 Å². The third-order valence-corrected chi connectivity index (χ3v) is 3.53. The van der Waals surface area contributed by atoms with Crippen molar-refractivity contribution in [3.63, 3.8) is 0 Å². The first-order valence-corrected chi connectivity index (χ1v) is 8.64. The fraction of sp³-hybridized carbons (Fsp3) is 0.0345. The standard InChI is InChI=1S/C17H12N.C12H10N.Ir/c1-3-7-14(8-4-1)16-11-12-17(18-13-16)15-9-5-2-6-10-15;1-10-5-4-6-11(9-10)12-7-2-3-8-13-12;/h1-9,11-13H;2-8H,1H3;/q2*-1;/i1D,2D,3D,4D,5D,6D,7D,8D,9D,11D,12D,13D;2D,3D,4D,5D,6D,7D,8D;. The van der Waals surface area contributed by atoms with Gasteiger partial charge >= 0.3 is 0 Å². The van der Waals surface area contributed by atoms with E-state index in [1.54, 1.807) is 6.92 Å². The molecule has 0 saturated heterocycles. The number of benzene rings is 3. The average molecular weight is 610 g/mol. The molecule has 0 aliphatic heterocycles. The van der Waals surface area contributed by atoms with Gasteiger partial charge in [-0.2, -0.15) is 0 Å². The molecule has 0 aliphatic rings. The summed E-state index contributed by atoms with van der Waals surface area (Å²) in [5.41, 5.74) is -1.37. The van der Waals surface area contributed by atoms with Gasteiger partial charge in [-0.25, -0.2) is 0 Å². The Bertz CT molecular complexity index is 2150. The average Bonchev–Trinajstić information content (AvgIpc) is 3.08. The topological polar surface area (TPSA) is 25.8 Å². The summed E-state index contributed by atoms with van der Waals surface area (Å²) in [6.07, 6.45) is -1.14. The van der Waals surface area contributed by atoms with Crippen molar-refractivity contribution in [1.82, 2.24) is 9.97 Å². The predicted octanol–water partition coefficient (Wildman–Crippen LogP) is 7.07. The van der Waals surface area contributed by atoms with Gasteiger partial charge in [-0.3, -0.25) is 0 Å². The van der Waals surface area contributed by atoms with Crippen LogP contribution in [0.2, 0.25) is 0 Å². The molecule has 0 spiro atoms. The molecule has 0 atom stereocenters. The molecule has 32 heavy (non-hydrogen) atoms. The zero-order valence-electron chi connectivity index (χ0n) is 35.2. The van der Waals surface area contributed by atoms with Gasteiger partial charge in [0.15, 0.2) is 0 Å². The van der Waals surface area contributed by atoms with Gasteiger partial charge in [-0.15, -0.1) is 71.1 Å². The van der Waals surface area contributed by atoms with Crippen LogP contribution in [0.5, 0.6) is 0 Å². The number of aromatic nitrogens is 2. The van der Waals surface area contributed by atoms with Gasteiger partial charge < -0.3 is 9.97 Å². The Morgan fingerprint density at radius 3 is 2.28 bits per heavy atom. The summed E-state index contributed by atoms with van der Waals surface area (Å²) in [7, 11) is 0. The van der Waals surface area contributed by atoms with Crippen LogP contribution in [0.25, 0.3) is 33.6 Å². The Kier molecular flexibility index (Phi) is 3.28. The normalized spacial score (nSPS) is 18.1. The quantitative estimate of drug-likeness (QED) is 0.205. The summed E-state index contributed by atoms with van der Waals surface area (Å²) in [4.78, 5) is 7.61. The summed E-state index contributed by atoms with van der Waals surface area (Å²) in [6.45, 7) is 1.55. The molecule has 2 heterocycles. The molecule has 159 valence electrons. The second-order valence-electron chi connectivity index (χ2n) is 5.64. The number of rotatable bonds is 3. The zero-order valence-corrected chi connectivity index (χ0v) is 18.6. The fourth-order valence-corrected chi connectivity index (χ4v) is 2.17. The van der Waals surface area contributed by atoms with Gasteiger partial charge in [0.2, 0.25) is 0 Å². The minimum absolute atomic E-state index is 0. The van der Waals surface area contributed by atoms with E-state index in [4.69, 9.17) is 26.0 Å². The molecule has 5 rings (SSSR count). The first kappa shape index (κ1) is 8.86. The van der Waals surface area contributed by atoms with Crippen molar-refractivity contribution >= 4 is 0 Å². The largest absolute Gasteiger partial charge is 0.305 e. The maximum atomic E-state index is 8.28. The molecule has 0 unspecified atom stereocenters. The Morgan fingerprint density at radius 2 is 1.41 bits per heavy atom. The molecule has 0 amide bonds. The van der Waals surface area contributed by atoms with Crippen LogP contribution in [-0.4, -0.2) is 9.97 Å². The van der Waals surface area contributed by atoms with Gasteiger partial charge in [0.05, 0.1) is 16.4 Å². The van der Waals surface area contributed by atoms with Gasteiger partial charge in [0.25, 0.3) is 0 Å². The van der Waals surface area contributed by atoms with E-state index in [1.807, 2.05) is 0 Å². The number of nitrogens with zero attached hydrogens (tertiary/aromatic N) is 2. The van der Waals surface area contributed by atoms with E-state index in [1.165, 1.54) is 0 Å². The van der Waals surface area contributed by atoms with E-state index in [-0.39, 0.29) is 61.1 Å². The summed E-state index contributed by atoms with van der Waals surface area (Å²) in [6, 6.07) is -3.72. The molecule has 0 saturated carbocycles. The molecule has 0 fully saturated rings. The molecule has 5 aromatic rings. The van der Waals surface area contributed by atoms with E-state index < -0.39 is 108 Å². The Morgan fingerprint density at radius 1 is 0.656 bits per heavy atom. The van der Waals surface area contributed by atoms with Crippen LogP contribution in [0.1, 0.15) is 31.6 Å². The molecule has 2 nitrogen and oxygen atoms in total. The number of aryl methyl sites for hydroxylation is 1. The van der Waals surface area contributed by atoms with E-state index in [0.29, 0.717) is 5.56 Å². The zero-order chi connectivity index (χ0) is 37.8. The summed E-state index contributed by atoms with van der Waals surface area (Å²) < 4.78 is 148. The minimum atomic E-state index is -0.676. The molecule has 3 heteroatoms. The van der Waals surface area contributed by atoms with Gasteiger partial charge in [-0.05, 0) is 34.0 Å². The summed E-state index contributed by atoms with van der Waals surface area (Å²) >= 11 is 0. The molecule has 0 N–H and O–H groups in total. The molecule has 0 bridgehead atoms. The number of hydrogen-bond donors (Lipinski definition) is 0. The van der Waals surface area contributed by atoms with E-state index in [2.05, 4.69) is 22.1 Å². The molecular formula is C29H22IrN2-2. The molecule has 2 aromatic heterocycles. The van der Waals surface area contributed by atoms with Crippen LogP contribution in [0.3, 0.4) is 0 Å². The molecular weight excluding hydrogens is 569 g/mol. The van der Waals surface area contributed by atoms with Crippen molar-refractivity contribution in [2.75, 3.05) is 0 Å². The fourth-order valence-electron chi connectivity index (χ4n) is 2.17. The van der Waals surface area contributed by atoms with E-state index in [9.17, 15) is 0 Å². The maximum absolute atomic E-state index is 8.28. The van der Waals surface area contributed by atoms with Crippen LogP contribution >= 0.6 is 0 Å². The van der Waals surface area contributed by atoms with Gasteiger partial charge in [0, 0.05) is 36.6 Å². The number of pyridine rings is 2. The minimum Gasteiger partial charge on any atom is -0.305 e. The number of hydrogen-bond acceptors (Lipinski definition) is 2. The molecule has 1 radical (unpaired) electrons. The van der Waals surface area contributed by atoms with Crippen LogP contribution in [0, 0.1) is 19.1 Å². The third-order valence-electron chi connectivity index (χ3n) is 3.53. The van der Waals surface area contributed by atoms with Crippen LogP contribution in [0.4, 0.5) is 0 Å². The second kappa shape index (κ2) is 11.9. The monoisotopic (exact) mass is 610 g/mol. The van der Waals surface area contributed by atoms with Gasteiger partial charge in [-0.1, -0.05) is 61.3 Å². The predicted molar refractivity (Wildman–Crippen MR) is 127 cm³/mol. The van der Waals surface area contributed by atoms with Crippen molar-refractivity contribution in [1.29, 1.82) is 0 Å². The van der Waals surface area contributed by atoms with Crippen molar-refractivity contribution in [3.05, 3.63) is 133 Å². The third kappa shape index (κ3) is 6.31. The Balaban J connectivity index is 0.000000292. The van der Waals surface area contributed by atoms with Crippen molar-refractivity contribution in [2.24, 2.45) is 0 Å². The first-order chi connectivity index (χ1) is 23.1. The maximum Gasteiger partial charge on any atom is 0.0836 e. The van der Waals surface area contributed by atoms with Crippen LogP contribution in [0.15, 0.2) is 115 Å². The van der Waals surface area contributed by atoms with Crippen LogP contribution < -0.4 is 0 Å². The molecule has 3 aromatic carbocycles. The summed E-state index contributed by atoms with van der Waals surface area (Å²) in [5, 5.41) is 0.